The smallest absolute Gasteiger partial charge is 1.00 e. The van der Waals surface area contributed by atoms with Crippen molar-refractivity contribution in [1.29, 1.82) is 0 Å². The van der Waals surface area contributed by atoms with Crippen LogP contribution in [0.2, 0.25) is 0 Å². The van der Waals surface area contributed by atoms with Gasteiger partial charge < -0.3 is 7.58 Å². The van der Waals surface area contributed by atoms with E-state index in [1.165, 1.54) is 0 Å². The van der Waals surface area contributed by atoms with Gasteiger partial charge in [-0.1, -0.05) is 0 Å². The van der Waals surface area contributed by atoms with Crippen LogP contribution in [0.4, 0.5) is 0 Å². The zero-order valence-corrected chi connectivity index (χ0v) is 8.41. The van der Waals surface area contributed by atoms with Crippen molar-refractivity contribution in [1.82, 2.24) is 6.15 Å². The van der Waals surface area contributed by atoms with Gasteiger partial charge in [0.15, 0.2) is 0 Å². The van der Waals surface area contributed by atoms with Crippen molar-refractivity contribution >= 4 is 9.90 Å². The Balaban J connectivity index is 0. The molecule has 3 N–H and O–H groups in total. The molecular formula is H7FeKNP. The Morgan fingerprint density at radius 3 is 1.25 bits per heavy atom. The minimum absolute atomic E-state index is 0. The molecule has 0 spiro atoms. The first kappa shape index (κ1) is 31.1. The zero-order chi connectivity index (χ0) is 0. The van der Waals surface area contributed by atoms with Gasteiger partial charge in [0.05, 0.1) is 0 Å². The Hall–Kier alpha value is 2.55. The van der Waals surface area contributed by atoms with Crippen LogP contribution in [-0.2, 0) is 17.1 Å². The average molecular weight is 147 g/mol. The molecule has 0 saturated heterocycles. The molecule has 0 aromatic carbocycles. The Morgan fingerprint density at radius 1 is 1.25 bits per heavy atom. The molecule has 1 nitrogen and oxygen atoms in total. The van der Waals surface area contributed by atoms with Crippen LogP contribution in [0, 0.1) is 0 Å². The Bertz CT molecular complexity index is 11.6. The SMILES string of the molecule is N.P.[Fe].[H-].[K+]. The summed E-state index contributed by atoms with van der Waals surface area (Å²) in [5, 5.41) is 0. The maximum Gasteiger partial charge on any atom is 1.00 e. The largest absolute Gasteiger partial charge is 1.00 e. The summed E-state index contributed by atoms with van der Waals surface area (Å²) in [5.41, 5.74) is 0. The first-order valence-corrected chi connectivity index (χ1v) is 0. The number of hydrogen-bond donors (Lipinski definition) is 1. The molecule has 1 atom stereocenters. The van der Waals surface area contributed by atoms with Crippen LogP contribution in [0.3, 0.4) is 0 Å². The Kier molecular flexibility index (Phi) is 137. The summed E-state index contributed by atoms with van der Waals surface area (Å²) in [5.74, 6) is 0. The van der Waals surface area contributed by atoms with E-state index in [0.717, 1.165) is 0 Å². The minimum Gasteiger partial charge on any atom is -1.00 e. The summed E-state index contributed by atoms with van der Waals surface area (Å²) in [6, 6.07) is 0. The maximum atomic E-state index is 0. The van der Waals surface area contributed by atoms with E-state index in [-0.39, 0.29) is 85.9 Å². The van der Waals surface area contributed by atoms with Gasteiger partial charge in [-0.2, -0.15) is 9.90 Å². The van der Waals surface area contributed by atoms with Crippen LogP contribution in [-0.4, -0.2) is 0 Å². The van der Waals surface area contributed by atoms with Crippen molar-refractivity contribution < 1.29 is 69.9 Å². The Morgan fingerprint density at radius 2 is 1.25 bits per heavy atom. The van der Waals surface area contributed by atoms with Crippen LogP contribution < -0.4 is 57.5 Å². The first-order chi connectivity index (χ1) is 0. The van der Waals surface area contributed by atoms with E-state index >= 15 is 0 Å². The van der Waals surface area contributed by atoms with Crippen molar-refractivity contribution in [3.05, 3.63) is 0 Å². The van der Waals surface area contributed by atoms with Gasteiger partial charge in [-0.25, -0.2) is 0 Å². The summed E-state index contributed by atoms with van der Waals surface area (Å²) in [6.07, 6.45) is 0. The number of hydrogen-bond acceptors (Lipinski definition) is 1. The van der Waals surface area contributed by atoms with Crippen LogP contribution in [0.25, 0.3) is 0 Å². The summed E-state index contributed by atoms with van der Waals surface area (Å²) >= 11 is 0. The van der Waals surface area contributed by atoms with E-state index in [1.54, 1.807) is 0 Å². The molecule has 0 aromatic heterocycles. The molecule has 1 unspecified atom stereocenters. The molecule has 26 valence electrons. The molecule has 0 aliphatic carbocycles. The molecule has 0 saturated carbocycles. The van der Waals surface area contributed by atoms with Gasteiger partial charge in [-0.3, -0.25) is 0 Å². The van der Waals surface area contributed by atoms with Gasteiger partial charge in [-0.05, 0) is 0 Å². The molecule has 0 radical (unpaired) electrons. The second kappa shape index (κ2) is 17.7. The van der Waals surface area contributed by atoms with Crippen LogP contribution in [0.1, 0.15) is 1.43 Å². The molecule has 0 fully saturated rings. The van der Waals surface area contributed by atoms with Gasteiger partial charge in [0, 0.05) is 17.1 Å². The monoisotopic (exact) mass is 147 g/mol. The van der Waals surface area contributed by atoms with Crippen molar-refractivity contribution in [3.63, 3.8) is 0 Å². The molecule has 0 heterocycles. The van der Waals surface area contributed by atoms with E-state index < -0.39 is 0 Å². The summed E-state index contributed by atoms with van der Waals surface area (Å²) in [6.45, 7) is 0. The van der Waals surface area contributed by atoms with E-state index in [2.05, 4.69) is 0 Å². The Labute approximate surface area is 84.3 Å². The number of rotatable bonds is 0. The molecule has 0 aliphatic heterocycles. The predicted octanol–water partition coefficient (Wildman–Crippen LogP) is -2.67. The van der Waals surface area contributed by atoms with Gasteiger partial charge in [-0.15, -0.1) is 0 Å². The average Bonchev–Trinajstić information content (AvgIpc) is 0. The maximum absolute atomic E-state index is 0. The van der Waals surface area contributed by atoms with Crippen LogP contribution >= 0.6 is 9.90 Å². The summed E-state index contributed by atoms with van der Waals surface area (Å²) in [7, 11) is 0. The molecule has 0 rings (SSSR count). The molecule has 0 bridgehead atoms. The van der Waals surface area contributed by atoms with Crippen molar-refractivity contribution in [2.75, 3.05) is 0 Å². The van der Waals surface area contributed by atoms with Crippen LogP contribution in [0.5, 0.6) is 0 Å². The van der Waals surface area contributed by atoms with Gasteiger partial charge >= 0.3 is 51.4 Å². The third-order valence-corrected chi connectivity index (χ3v) is 0. The minimum atomic E-state index is 0. The topological polar surface area (TPSA) is 35.0 Å². The zero-order valence-electron chi connectivity index (χ0n) is 3.77. The third-order valence-electron chi connectivity index (χ3n) is 0. The normalized spacial score (nSPS) is 0. The first-order valence-electron chi connectivity index (χ1n) is 0. The van der Waals surface area contributed by atoms with E-state index in [1.807, 2.05) is 0 Å². The molecule has 4 heteroatoms. The molecule has 0 aromatic rings. The summed E-state index contributed by atoms with van der Waals surface area (Å²) in [4.78, 5) is 0. The third kappa shape index (κ3) is 8.82. The van der Waals surface area contributed by atoms with E-state index in [9.17, 15) is 0 Å². The van der Waals surface area contributed by atoms with E-state index in [4.69, 9.17) is 0 Å². The predicted molar refractivity (Wildman–Crippen MR) is 17.2 cm³/mol. The van der Waals surface area contributed by atoms with Crippen molar-refractivity contribution in [2.24, 2.45) is 0 Å². The van der Waals surface area contributed by atoms with E-state index in [0.29, 0.717) is 0 Å². The second-order valence-corrected chi connectivity index (χ2v) is 0. The quantitative estimate of drug-likeness (QED) is 0.294. The van der Waals surface area contributed by atoms with Gasteiger partial charge in [0.25, 0.3) is 0 Å². The molecular weight excluding hydrogens is 140 g/mol. The van der Waals surface area contributed by atoms with Gasteiger partial charge in [0.1, 0.15) is 0 Å². The van der Waals surface area contributed by atoms with Crippen molar-refractivity contribution in [2.45, 2.75) is 0 Å². The standard InChI is InChI=1S/Fe.K.H3N.H3P.H/h;;2*1H3;/q;+1;;;-1. The summed E-state index contributed by atoms with van der Waals surface area (Å²) < 4.78 is 0. The fraction of sp³-hybridized carbons (Fsp3) is 0. The molecule has 0 amide bonds. The van der Waals surface area contributed by atoms with Crippen LogP contribution in [0.15, 0.2) is 0 Å². The molecule has 4 heavy (non-hydrogen) atoms. The van der Waals surface area contributed by atoms with Gasteiger partial charge in [0.2, 0.25) is 0 Å². The fourth-order valence-corrected chi connectivity index (χ4v) is 0. The molecule has 0 aliphatic rings. The second-order valence-electron chi connectivity index (χ2n) is 0. The fourth-order valence-electron chi connectivity index (χ4n) is 0. The van der Waals surface area contributed by atoms with Crippen molar-refractivity contribution in [3.8, 4) is 0 Å².